The first-order valence-electron chi connectivity index (χ1n) is 5.58. The van der Waals surface area contributed by atoms with Gasteiger partial charge in [0.2, 0.25) is 0 Å². The van der Waals surface area contributed by atoms with Crippen molar-refractivity contribution in [2.45, 2.75) is 52.2 Å². The van der Waals surface area contributed by atoms with Gasteiger partial charge in [0.05, 0.1) is 11.1 Å². The molecule has 1 aromatic rings. The van der Waals surface area contributed by atoms with Crippen LogP contribution in [0.5, 0.6) is 0 Å². The molecule has 0 saturated carbocycles. The van der Waals surface area contributed by atoms with E-state index in [1.807, 2.05) is 26.8 Å². The molecule has 0 aromatic carbocycles. The number of anilines is 1. The molecular formula is C12H21N3O. The summed E-state index contributed by atoms with van der Waals surface area (Å²) in [6.07, 6.45) is 2.42. The zero-order chi connectivity index (χ0) is 12.4. The van der Waals surface area contributed by atoms with Gasteiger partial charge in [0.15, 0.2) is 0 Å². The van der Waals surface area contributed by atoms with Crippen LogP contribution in [0.3, 0.4) is 0 Å². The molecule has 4 nitrogen and oxygen atoms in total. The fraction of sp³-hybridized carbons (Fsp3) is 0.667. The summed E-state index contributed by atoms with van der Waals surface area (Å²) in [5, 5.41) is 13.3. The molecule has 0 unspecified atom stereocenters. The topological polar surface area (TPSA) is 58.0 Å². The van der Waals surface area contributed by atoms with E-state index < -0.39 is 11.1 Å². The Labute approximate surface area is 97.1 Å². The Morgan fingerprint density at radius 1 is 1.25 bits per heavy atom. The van der Waals surface area contributed by atoms with E-state index in [2.05, 4.69) is 15.3 Å². The van der Waals surface area contributed by atoms with Crippen molar-refractivity contribution in [3.05, 3.63) is 18.1 Å². The average molecular weight is 223 g/mol. The second kappa shape index (κ2) is 4.37. The van der Waals surface area contributed by atoms with Gasteiger partial charge in [-0.05, 0) is 34.1 Å². The molecule has 0 saturated heterocycles. The lowest BCUT2D eigenvalue weighted by atomic mass is 9.86. The van der Waals surface area contributed by atoms with E-state index in [4.69, 9.17) is 0 Å². The Bertz CT molecular complexity index is 356. The lowest BCUT2D eigenvalue weighted by Gasteiger charge is -2.38. The number of aryl methyl sites for hydroxylation is 1. The maximum absolute atomic E-state index is 10.0. The normalized spacial score (nSPS) is 12.6. The molecule has 0 spiro atoms. The van der Waals surface area contributed by atoms with Gasteiger partial charge in [-0.1, -0.05) is 6.92 Å². The van der Waals surface area contributed by atoms with E-state index in [1.54, 1.807) is 20.2 Å². The first-order valence-corrected chi connectivity index (χ1v) is 5.58. The van der Waals surface area contributed by atoms with E-state index in [-0.39, 0.29) is 0 Å². The van der Waals surface area contributed by atoms with Gasteiger partial charge in [-0.3, -0.25) is 0 Å². The average Bonchev–Trinajstić information content (AvgIpc) is 2.15. The fourth-order valence-corrected chi connectivity index (χ4v) is 1.13. The van der Waals surface area contributed by atoms with Gasteiger partial charge in [0.1, 0.15) is 12.1 Å². The van der Waals surface area contributed by atoms with Crippen molar-refractivity contribution < 1.29 is 5.11 Å². The summed E-state index contributed by atoms with van der Waals surface area (Å²) in [7, 11) is 0. The molecule has 0 aliphatic heterocycles. The third-order valence-electron chi connectivity index (χ3n) is 3.06. The van der Waals surface area contributed by atoms with Crippen LogP contribution >= 0.6 is 0 Å². The zero-order valence-corrected chi connectivity index (χ0v) is 10.7. The zero-order valence-electron chi connectivity index (χ0n) is 10.7. The molecule has 16 heavy (non-hydrogen) atoms. The highest BCUT2D eigenvalue weighted by molar-refractivity contribution is 5.38. The lowest BCUT2D eigenvalue weighted by molar-refractivity contribution is 0.0238. The molecule has 1 rings (SSSR count). The van der Waals surface area contributed by atoms with E-state index in [0.717, 1.165) is 17.9 Å². The van der Waals surface area contributed by atoms with E-state index in [0.29, 0.717) is 0 Å². The Hall–Kier alpha value is -1.16. The van der Waals surface area contributed by atoms with Crippen molar-refractivity contribution in [1.82, 2.24) is 9.97 Å². The Balaban J connectivity index is 2.88. The van der Waals surface area contributed by atoms with Crippen molar-refractivity contribution >= 4 is 5.82 Å². The first-order chi connectivity index (χ1) is 7.26. The lowest BCUT2D eigenvalue weighted by Crippen LogP contribution is -2.51. The van der Waals surface area contributed by atoms with Crippen LogP contribution in [0.15, 0.2) is 12.4 Å². The van der Waals surface area contributed by atoms with Gasteiger partial charge < -0.3 is 10.4 Å². The highest BCUT2D eigenvalue weighted by Gasteiger charge is 2.35. The Morgan fingerprint density at radius 3 is 2.38 bits per heavy atom. The van der Waals surface area contributed by atoms with E-state index in [1.165, 1.54) is 0 Å². The quantitative estimate of drug-likeness (QED) is 0.819. The van der Waals surface area contributed by atoms with E-state index >= 15 is 0 Å². The number of hydrogen-bond donors (Lipinski definition) is 2. The molecular weight excluding hydrogens is 202 g/mol. The molecule has 0 bridgehead atoms. The molecule has 0 radical (unpaired) electrons. The van der Waals surface area contributed by atoms with Gasteiger partial charge in [-0.2, -0.15) is 0 Å². The molecule has 0 amide bonds. The number of rotatable bonds is 4. The summed E-state index contributed by atoms with van der Waals surface area (Å²) in [5.41, 5.74) is -0.291. The number of nitrogens with zero attached hydrogens (tertiary/aromatic N) is 2. The van der Waals surface area contributed by atoms with Crippen molar-refractivity contribution in [3.63, 3.8) is 0 Å². The second-order valence-corrected chi connectivity index (χ2v) is 5.06. The number of aliphatic hydroxyl groups is 1. The van der Waals surface area contributed by atoms with Crippen LogP contribution < -0.4 is 5.32 Å². The molecule has 90 valence electrons. The maximum atomic E-state index is 10.0. The molecule has 4 heteroatoms. The van der Waals surface area contributed by atoms with E-state index in [9.17, 15) is 5.11 Å². The molecule has 0 atom stereocenters. The summed E-state index contributed by atoms with van der Waals surface area (Å²) in [6, 6.07) is 1.91. The van der Waals surface area contributed by atoms with Gasteiger partial charge in [-0.25, -0.2) is 9.97 Å². The second-order valence-electron chi connectivity index (χ2n) is 5.06. The molecule has 1 heterocycles. The summed E-state index contributed by atoms with van der Waals surface area (Å²) in [6.45, 7) is 9.50. The van der Waals surface area contributed by atoms with Crippen LogP contribution in [0.25, 0.3) is 0 Å². The Kier molecular flexibility index (Phi) is 3.53. The van der Waals surface area contributed by atoms with Gasteiger partial charge >= 0.3 is 0 Å². The maximum Gasteiger partial charge on any atom is 0.130 e. The van der Waals surface area contributed by atoms with Crippen LogP contribution in [0.2, 0.25) is 0 Å². The van der Waals surface area contributed by atoms with Crippen LogP contribution in [0.4, 0.5) is 5.82 Å². The van der Waals surface area contributed by atoms with Gasteiger partial charge in [0.25, 0.3) is 0 Å². The van der Waals surface area contributed by atoms with Crippen molar-refractivity contribution in [2.75, 3.05) is 5.32 Å². The summed E-state index contributed by atoms with van der Waals surface area (Å²) >= 11 is 0. The van der Waals surface area contributed by atoms with Crippen molar-refractivity contribution in [2.24, 2.45) is 0 Å². The molecule has 1 aromatic heterocycles. The van der Waals surface area contributed by atoms with Crippen LogP contribution in [0, 0.1) is 0 Å². The number of nitrogens with one attached hydrogen (secondary N) is 1. The first kappa shape index (κ1) is 12.9. The number of aromatic nitrogens is 2. The fourth-order valence-electron chi connectivity index (χ4n) is 1.13. The third kappa shape index (κ3) is 2.92. The van der Waals surface area contributed by atoms with Crippen LogP contribution in [-0.2, 0) is 6.42 Å². The minimum absolute atomic E-state index is 0.452. The summed E-state index contributed by atoms with van der Waals surface area (Å²) < 4.78 is 0. The minimum Gasteiger partial charge on any atom is -0.388 e. The predicted molar refractivity (Wildman–Crippen MR) is 65.4 cm³/mol. The predicted octanol–water partition coefficient (Wildman–Crippen LogP) is 2.00. The largest absolute Gasteiger partial charge is 0.388 e. The smallest absolute Gasteiger partial charge is 0.130 e. The number of hydrogen-bond acceptors (Lipinski definition) is 4. The molecule has 0 aliphatic rings. The Morgan fingerprint density at radius 2 is 1.88 bits per heavy atom. The standard InChI is InChI=1S/C12H21N3O/c1-6-9-7-10(14-8-13-9)15-11(2,3)12(4,5)16/h7-8,16H,6H2,1-5H3,(H,13,14,15). The summed E-state index contributed by atoms with van der Waals surface area (Å²) in [4.78, 5) is 8.29. The minimum atomic E-state index is -0.829. The van der Waals surface area contributed by atoms with Gasteiger partial charge in [-0.15, -0.1) is 0 Å². The van der Waals surface area contributed by atoms with Gasteiger partial charge in [0, 0.05) is 11.8 Å². The van der Waals surface area contributed by atoms with Crippen molar-refractivity contribution in [3.8, 4) is 0 Å². The van der Waals surface area contributed by atoms with Crippen LogP contribution in [0.1, 0.15) is 40.3 Å². The molecule has 0 fully saturated rings. The molecule has 2 N–H and O–H groups in total. The van der Waals surface area contributed by atoms with Crippen LogP contribution in [-0.4, -0.2) is 26.2 Å². The third-order valence-corrected chi connectivity index (χ3v) is 3.06. The monoisotopic (exact) mass is 223 g/mol. The SMILES string of the molecule is CCc1cc(NC(C)(C)C(C)(C)O)ncn1. The van der Waals surface area contributed by atoms with Crippen molar-refractivity contribution in [1.29, 1.82) is 0 Å². The highest BCUT2D eigenvalue weighted by Crippen LogP contribution is 2.24. The summed E-state index contributed by atoms with van der Waals surface area (Å²) in [5.74, 6) is 0.749. The molecule has 0 aliphatic carbocycles. The highest BCUT2D eigenvalue weighted by atomic mass is 16.3.